The first kappa shape index (κ1) is 14.9. The van der Waals surface area contributed by atoms with Crippen LogP contribution in [-0.4, -0.2) is 11.8 Å². The highest BCUT2D eigenvalue weighted by molar-refractivity contribution is 7.99. The second-order valence-electron chi connectivity index (χ2n) is 5.17. The number of hydrogen-bond acceptors (Lipinski definition) is 3. The van der Waals surface area contributed by atoms with E-state index in [0.29, 0.717) is 18.5 Å². The summed E-state index contributed by atoms with van der Waals surface area (Å²) in [5, 5.41) is 0.0320. The molecule has 0 saturated carbocycles. The van der Waals surface area contributed by atoms with Gasteiger partial charge in [0.25, 0.3) is 0 Å². The number of imide groups is 1. The third kappa shape index (κ3) is 2.79. The fraction of sp³-hybridized carbons (Fsp3) is 0.222. The molecule has 3 rings (SSSR count). The molecule has 0 aromatic heterocycles. The van der Waals surface area contributed by atoms with Gasteiger partial charge in [-0.1, -0.05) is 49.4 Å². The summed E-state index contributed by atoms with van der Waals surface area (Å²) in [5.74, 6) is -0.273. The summed E-state index contributed by atoms with van der Waals surface area (Å²) in [6.07, 6.45) is 0.649. The van der Waals surface area contributed by atoms with Gasteiger partial charge in [-0.05, 0) is 17.7 Å². The van der Waals surface area contributed by atoms with Gasteiger partial charge in [0.15, 0.2) is 0 Å². The number of fused-ring (bicyclic) bond motifs is 1. The van der Waals surface area contributed by atoms with Crippen LogP contribution in [0.4, 0.5) is 5.69 Å². The maximum absolute atomic E-state index is 12.7. The number of thioether (sulfide) groups is 1. The molecule has 0 N–H and O–H groups in total. The minimum atomic E-state index is -0.147. The number of amides is 2. The molecule has 1 aliphatic heterocycles. The highest BCUT2D eigenvalue weighted by Gasteiger charge is 2.31. The topological polar surface area (TPSA) is 37.4 Å². The van der Waals surface area contributed by atoms with Gasteiger partial charge in [-0.25, -0.2) is 4.90 Å². The zero-order valence-electron chi connectivity index (χ0n) is 12.4. The Kier molecular flexibility index (Phi) is 4.29. The molecule has 4 heteroatoms. The van der Waals surface area contributed by atoms with Crippen LogP contribution in [0.3, 0.4) is 0 Å². The quantitative estimate of drug-likeness (QED) is 0.834. The Balaban J connectivity index is 2.04. The molecule has 0 aliphatic carbocycles. The molecule has 1 atom stereocenters. The zero-order valence-corrected chi connectivity index (χ0v) is 13.2. The number of rotatable bonds is 2. The maximum atomic E-state index is 12.7. The second-order valence-corrected chi connectivity index (χ2v) is 6.41. The lowest BCUT2D eigenvalue weighted by atomic mass is 10.1. The van der Waals surface area contributed by atoms with Gasteiger partial charge in [-0.2, -0.15) is 0 Å². The predicted octanol–water partition coefficient (Wildman–Crippen LogP) is 4.19. The normalized spacial score (nSPS) is 17.8. The van der Waals surface area contributed by atoms with Gasteiger partial charge >= 0.3 is 0 Å². The first-order valence-corrected chi connectivity index (χ1v) is 8.25. The smallest absolute Gasteiger partial charge is 0.235 e. The second kappa shape index (κ2) is 6.36. The Hall–Kier alpha value is -2.07. The van der Waals surface area contributed by atoms with Crippen molar-refractivity contribution < 1.29 is 9.59 Å². The van der Waals surface area contributed by atoms with E-state index in [9.17, 15) is 9.59 Å². The molecule has 2 aromatic carbocycles. The van der Waals surface area contributed by atoms with E-state index in [0.717, 1.165) is 10.5 Å². The monoisotopic (exact) mass is 311 g/mol. The molecule has 0 unspecified atom stereocenters. The molecule has 1 aliphatic rings. The van der Waals surface area contributed by atoms with Crippen molar-refractivity contribution in [2.45, 2.75) is 29.9 Å². The van der Waals surface area contributed by atoms with Crippen LogP contribution in [0.25, 0.3) is 0 Å². The van der Waals surface area contributed by atoms with E-state index in [1.54, 1.807) is 18.7 Å². The molecule has 0 radical (unpaired) electrons. The molecular weight excluding hydrogens is 294 g/mol. The lowest BCUT2D eigenvalue weighted by Gasteiger charge is -2.19. The van der Waals surface area contributed by atoms with Crippen LogP contribution in [0.15, 0.2) is 59.5 Å². The number of anilines is 1. The van der Waals surface area contributed by atoms with Gasteiger partial charge in [0.2, 0.25) is 11.8 Å². The van der Waals surface area contributed by atoms with Crippen molar-refractivity contribution in [3.8, 4) is 0 Å². The first-order chi connectivity index (χ1) is 10.7. The first-order valence-electron chi connectivity index (χ1n) is 7.37. The van der Waals surface area contributed by atoms with Crippen LogP contribution >= 0.6 is 11.8 Å². The fourth-order valence-electron chi connectivity index (χ4n) is 2.61. The third-order valence-corrected chi connectivity index (χ3v) is 5.03. The van der Waals surface area contributed by atoms with Crippen LogP contribution in [0.1, 0.15) is 30.6 Å². The minimum Gasteiger partial charge on any atom is -0.274 e. The summed E-state index contributed by atoms with van der Waals surface area (Å²) in [7, 11) is 0. The third-order valence-electron chi connectivity index (χ3n) is 3.71. The molecule has 1 heterocycles. The van der Waals surface area contributed by atoms with Crippen molar-refractivity contribution in [3.05, 3.63) is 60.2 Å². The maximum Gasteiger partial charge on any atom is 0.235 e. The summed E-state index contributed by atoms with van der Waals surface area (Å²) in [5.41, 5.74) is 1.82. The molecule has 112 valence electrons. The molecule has 0 bridgehead atoms. The van der Waals surface area contributed by atoms with Crippen LogP contribution in [0.2, 0.25) is 0 Å². The van der Waals surface area contributed by atoms with Crippen molar-refractivity contribution >= 4 is 29.3 Å². The van der Waals surface area contributed by atoms with Gasteiger partial charge in [0.05, 0.1) is 5.69 Å². The van der Waals surface area contributed by atoms with Gasteiger partial charge in [-0.3, -0.25) is 9.59 Å². The summed E-state index contributed by atoms with van der Waals surface area (Å²) in [6, 6.07) is 17.6. The van der Waals surface area contributed by atoms with Crippen molar-refractivity contribution in [1.82, 2.24) is 0 Å². The molecule has 0 saturated heterocycles. The Morgan fingerprint density at radius 2 is 1.82 bits per heavy atom. The molecule has 3 nitrogen and oxygen atoms in total. The molecule has 2 aromatic rings. The van der Waals surface area contributed by atoms with E-state index in [1.807, 2.05) is 54.6 Å². The van der Waals surface area contributed by atoms with Crippen molar-refractivity contribution in [3.63, 3.8) is 0 Å². The van der Waals surface area contributed by atoms with Crippen molar-refractivity contribution in [2.24, 2.45) is 0 Å². The summed E-state index contributed by atoms with van der Waals surface area (Å²) < 4.78 is 0. The SMILES string of the molecule is CCC(=O)N1C(=O)C[C@@H](c2ccccc2)Sc2ccccc21. The lowest BCUT2D eigenvalue weighted by molar-refractivity contribution is -0.126. The average molecular weight is 311 g/mol. The number of carbonyl (C=O) groups is 2. The number of nitrogens with zero attached hydrogens (tertiary/aromatic N) is 1. The molecular formula is C18H17NO2S. The Bertz CT molecular complexity index is 699. The molecule has 0 fully saturated rings. The largest absolute Gasteiger partial charge is 0.274 e. The van der Waals surface area contributed by atoms with Gasteiger partial charge in [-0.15, -0.1) is 11.8 Å². The van der Waals surface area contributed by atoms with E-state index in [4.69, 9.17) is 0 Å². The highest BCUT2D eigenvalue weighted by atomic mass is 32.2. The number of para-hydroxylation sites is 1. The van der Waals surface area contributed by atoms with Gasteiger partial charge in [0, 0.05) is 23.0 Å². The summed E-state index contributed by atoms with van der Waals surface area (Å²) in [4.78, 5) is 27.2. The minimum absolute atomic E-state index is 0.0320. The fourth-order valence-corrected chi connectivity index (χ4v) is 3.87. The van der Waals surface area contributed by atoms with E-state index in [1.165, 1.54) is 4.90 Å². The summed E-state index contributed by atoms with van der Waals surface area (Å²) in [6.45, 7) is 1.78. The Morgan fingerprint density at radius 3 is 2.55 bits per heavy atom. The van der Waals surface area contributed by atoms with Crippen molar-refractivity contribution in [2.75, 3.05) is 4.90 Å². The number of hydrogen-bond donors (Lipinski definition) is 0. The van der Waals surface area contributed by atoms with Gasteiger partial charge < -0.3 is 0 Å². The van der Waals surface area contributed by atoms with E-state index in [2.05, 4.69) is 0 Å². The Labute approximate surface area is 134 Å². The van der Waals surface area contributed by atoms with Crippen LogP contribution in [-0.2, 0) is 9.59 Å². The Morgan fingerprint density at radius 1 is 1.14 bits per heavy atom. The van der Waals surface area contributed by atoms with Crippen LogP contribution < -0.4 is 4.90 Å². The molecule has 22 heavy (non-hydrogen) atoms. The highest BCUT2D eigenvalue weighted by Crippen LogP contribution is 2.45. The van der Waals surface area contributed by atoms with Gasteiger partial charge in [0.1, 0.15) is 0 Å². The van der Waals surface area contributed by atoms with E-state index in [-0.39, 0.29) is 17.1 Å². The number of carbonyl (C=O) groups excluding carboxylic acids is 2. The molecule has 2 amide bonds. The molecule has 0 spiro atoms. The number of benzene rings is 2. The van der Waals surface area contributed by atoms with Crippen LogP contribution in [0.5, 0.6) is 0 Å². The van der Waals surface area contributed by atoms with Crippen molar-refractivity contribution in [1.29, 1.82) is 0 Å². The zero-order chi connectivity index (χ0) is 15.5. The van der Waals surface area contributed by atoms with Crippen LogP contribution in [0, 0.1) is 0 Å². The standard InChI is InChI=1S/C18H17NO2S/c1-2-17(20)19-14-10-6-7-11-15(14)22-16(12-18(19)21)13-8-4-3-5-9-13/h3-11,16H,2,12H2,1H3/t16-/m0/s1. The predicted molar refractivity (Wildman–Crippen MR) is 88.9 cm³/mol. The van der Waals surface area contributed by atoms with E-state index < -0.39 is 0 Å². The lowest BCUT2D eigenvalue weighted by Crippen LogP contribution is -2.36. The average Bonchev–Trinajstić information content (AvgIpc) is 2.71. The van der Waals surface area contributed by atoms with E-state index >= 15 is 0 Å². The summed E-state index contributed by atoms with van der Waals surface area (Å²) >= 11 is 1.65.